The summed E-state index contributed by atoms with van der Waals surface area (Å²) in [7, 11) is 3.97. The van der Waals surface area contributed by atoms with Crippen LogP contribution in [0.25, 0.3) is 0 Å². The molecule has 0 aromatic rings. The van der Waals surface area contributed by atoms with Crippen LogP contribution in [0.15, 0.2) is 0 Å². The fourth-order valence-electron chi connectivity index (χ4n) is 1.77. The molecule has 19 heavy (non-hydrogen) atoms. The summed E-state index contributed by atoms with van der Waals surface area (Å²) in [5, 5.41) is 11.6. The van der Waals surface area contributed by atoms with Crippen molar-refractivity contribution in [2.24, 2.45) is 0 Å². The molecule has 6 nitrogen and oxygen atoms in total. The third kappa shape index (κ3) is 7.66. The third-order valence-electron chi connectivity index (χ3n) is 2.88. The van der Waals surface area contributed by atoms with Crippen LogP contribution in [0.3, 0.4) is 0 Å². The highest BCUT2D eigenvalue weighted by Gasteiger charge is 2.21. The van der Waals surface area contributed by atoms with Crippen LogP contribution in [0.2, 0.25) is 0 Å². The maximum atomic E-state index is 12.0. The minimum Gasteiger partial charge on any atom is -0.480 e. The number of rotatable bonds is 9. The molecule has 0 radical (unpaired) electrons. The molecule has 112 valence electrons. The number of carboxylic acids is 1. The lowest BCUT2D eigenvalue weighted by molar-refractivity contribution is -0.139. The molecule has 0 aromatic heterocycles. The van der Waals surface area contributed by atoms with Crippen LogP contribution >= 0.6 is 0 Å². The van der Waals surface area contributed by atoms with Gasteiger partial charge in [0.2, 0.25) is 0 Å². The Labute approximate surface area is 115 Å². The van der Waals surface area contributed by atoms with Gasteiger partial charge in [0.05, 0.1) is 0 Å². The topological polar surface area (TPSA) is 72.9 Å². The first kappa shape index (κ1) is 17.7. The molecule has 0 aliphatic heterocycles. The molecular formula is C13H27N3O3. The Hall–Kier alpha value is -1.30. The van der Waals surface area contributed by atoms with Gasteiger partial charge in [0, 0.05) is 13.1 Å². The predicted molar refractivity (Wildman–Crippen MR) is 75.3 cm³/mol. The summed E-state index contributed by atoms with van der Waals surface area (Å²) in [4.78, 5) is 26.7. The van der Waals surface area contributed by atoms with E-state index in [0.29, 0.717) is 19.5 Å². The van der Waals surface area contributed by atoms with Gasteiger partial charge >= 0.3 is 12.0 Å². The van der Waals surface area contributed by atoms with Crippen LogP contribution in [0.5, 0.6) is 0 Å². The summed E-state index contributed by atoms with van der Waals surface area (Å²) in [6.45, 7) is 5.92. The van der Waals surface area contributed by atoms with E-state index in [1.54, 1.807) is 4.90 Å². The fourth-order valence-corrected chi connectivity index (χ4v) is 1.77. The number of carboxylic acid groups (broad SMARTS) is 1. The number of urea groups is 1. The standard InChI is InChI=1S/C13H27N3O3/c1-5-8-11(12(17)18)14-13(19)16(6-2)10-7-9-15(3)4/h11H,5-10H2,1-4H3,(H,14,19)(H,17,18)/t11-/m0/s1. The van der Waals surface area contributed by atoms with Crippen LogP contribution in [0, 0.1) is 0 Å². The first-order valence-electron chi connectivity index (χ1n) is 6.85. The Kier molecular flexibility index (Phi) is 8.95. The minimum atomic E-state index is -0.973. The van der Waals surface area contributed by atoms with E-state index in [-0.39, 0.29) is 6.03 Å². The summed E-state index contributed by atoms with van der Waals surface area (Å²) < 4.78 is 0. The van der Waals surface area contributed by atoms with E-state index < -0.39 is 12.0 Å². The van der Waals surface area contributed by atoms with Crippen molar-refractivity contribution in [1.29, 1.82) is 0 Å². The van der Waals surface area contributed by atoms with Gasteiger partial charge in [0.1, 0.15) is 6.04 Å². The van der Waals surface area contributed by atoms with Crippen molar-refractivity contribution in [3.63, 3.8) is 0 Å². The smallest absolute Gasteiger partial charge is 0.326 e. The third-order valence-corrected chi connectivity index (χ3v) is 2.88. The SMILES string of the molecule is CCC[C@H](NC(=O)N(CC)CCCN(C)C)C(=O)O. The van der Waals surface area contributed by atoms with Crippen LogP contribution in [-0.4, -0.2) is 66.7 Å². The molecule has 0 unspecified atom stereocenters. The van der Waals surface area contributed by atoms with Crippen LogP contribution in [-0.2, 0) is 4.79 Å². The van der Waals surface area contributed by atoms with Crippen LogP contribution in [0.1, 0.15) is 33.1 Å². The van der Waals surface area contributed by atoms with Crippen molar-refractivity contribution in [3.05, 3.63) is 0 Å². The minimum absolute atomic E-state index is 0.290. The van der Waals surface area contributed by atoms with E-state index >= 15 is 0 Å². The van der Waals surface area contributed by atoms with Crippen LogP contribution < -0.4 is 5.32 Å². The van der Waals surface area contributed by atoms with Crippen molar-refractivity contribution >= 4 is 12.0 Å². The predicted octanol–water partition coefficient (Wildman–Crippen LogP) is 1.22. The molecular weight excluding hydrogens is 246 g/mol. The van der Waals surface area contributed by atoms with Gasteiger partial charge in [0.15, 0.2) is 0 Å². The molecule has 2 N–H and O–H groups in total. The first-order chi connectivity index (χ1) is 8.92. The second-order valence-electron chi connectivity index (χ2n) is 4.87. The first-order valence-corrected chi connectivity index (χ1v) is 6.85. The van der Waals surface area contributed by atoms with E-state index in [9.17, 15) is 9.59 Å². The van der Waals surface area contributed by atoms with Crippen LogP contribution in [0.4, 0.5) is 4.79 Å². The average Bonchev–Trinajstić information content (AvgIpc) is 2.33. The molecule has 0 saturated heterocycles. The Morgan fingerprint density at radius 2 is 1.84 bits per heavy atom. The molecule has 0 aliphatic rings. The Morgan fingerprint density at radius 1 is 1.21 bits per heavy atom. The van der Waals surface area contributed by atoms with Gasteiger partial charge in [-0.1, -0.05) is 13.3 Å². The second kappa shape index (κ2) is 9.61. The highest BCUT2D eigenvalue weighted by molar-refractivity contribution is 5.82. The summed E-state index contributed by atoms with van der Waals surface area (Å²) in [5.74, 6) is -0.973. The lowest BCUT2D eigenvalue weighted by Crippen LogP contribution is -2.48. The largest absolute Gasteiger partial charge is 0.480 e. The molecule has 0 bridgehead atoms. The highest BCUT2D eigenvalue weighted by atomic mass is 16.4. The Morgan fingerprint density at radius 3 is 2.26 bits per heavy atom. The number of carbonyl (C=O) groups is 2. The number of nitrogens with one attached hydrogen (secondary N) is 1. The number of aliphatic carboxylic acids is 1. The van der Waals surface area contributed by atoms with Gasteiger partial charge in [-0.2, -0.15) is 0 Å². The second-order valence-corrected chi connectivity index (χ2v) is 4.87. The fraction of sp³-hybridized carbons (Fsp3) is 0.846. The summed E-state index contributed by atoms with van der Waals surface area (Å²) in [5.41, 5.74) is 0. The summed E-state index contributed by atoms with van der Waals surface area (Å²) >= 11 is 0. The van der Waals surface area contributed by atoms with E-state index in [1.807, 2.05) is 27.9 Å². The number of hydrogen-bond acceptors (Lipinski definition) is 3. The average molecular weight is 273 g/mol. The molecule has 0 heterocycles. The zero-order valence-electron chi connectivity index (χ0n) is 12.5. The monoisotopic (exact) mass is 273 g/mol. The number of amides is 2. The van der Waals surface area contributed by atoms with Crippen molar-refractivity contribution in [2.45, 2.75) is 39.2 Å². The van der Waals surface area contributed by atoms with Crippen molar-refractivity contribution in [1.82, 2.24) is 15.1 Å². The molecule has 6 heteroatoms. The zero-order valence-corrected chi connectivity index (χ0v) is 12.5. The quantitative estimate of drug-likeness (QED) is 0.662. The van der Waals surface area contributed by atoms with Gasteiger partial charge in [-0.15, -0.1) is 0 Å². The Balaban J connectivity index is 4.28. The number of carbonyl (C=O) groups excluding carboxylic acids is 1. The molecule has 0 spiro atoms. The van der Waals surface area contributed by atoms with Crippen molar-refractivity contribution in [3.8, 4) is 0 Å². The molecule has 0 aromatic carbocycles. The van der Waals surface area contributed by atoms with Gasteiger partial charge in [-0.25, -0.2) is 9.59 Å². The molecule has 0 fully saturated rings. The number of nitrogens with zero attached hydrogens (tertiary/aromatic N) is 2. The molecule has 2 amide bonds. The van der Waals surface area contributed by atoms with E-state index in [4.69, 9.17) is 5.11 Å². The zero-order chi connectivity index (χ0) is 14.8. The maximum absolute atomic E-state index is 12.0. The van der Waals surface area contributed by atoms with Gasteiger partial charge in [-0.05, 0) is 40.4 Å². The maximum Gasteiger partial charge on any atom is 0.326 e. The lowest BCUT2D eigenvalue weighted by Gasteiger charge is -2.24. The number of hydrogen-bond donors (Lipinski definition) is 2. The van der Waals surface area contributed by atoms with E-state index in [0.717, 1.165) is 19.4 Å². The lowest BCUT2D eigenvalue weighted by atomic mass is 10.2. The summed E-state index contributed by atoms with van der Waals surface area (Å²) in [6, 6.07) is -1.08. The van der Waals surface area contributed by atoms with Gasteiger partial charge in [-0.3, -0.25) is 0 Å². The molecule has 0 rings (SSSR count). The summed E-state index contributed by atoms with van der Waals surface area (Å²) in [6.07, 6.45) is 2.06. The van der Waals surface area contributed by atoms with Crippen molar-refractivity contribution in [2.75, 3.05) is 33.7 Å². The van der Waals surface area contributed by atoms with E-state index in [2.05, 4.69) is 10.2 Å². The Bertz CT molecular complexity index is 282. The molecule has 1 atom stereocenters. The van der Waals surface area contributed by atoms with E-state index in [1.165, 1.54) is 0 Å². The van der Waals surface area contributed by atoms with Crippen molar-refractivity contribution < 1.29 is 14.7 Å². The van der Waals surface area contributed by atoms with Gasteiger partial charge in [0.25, 0.3) is 0 Å². The molecule has 0 aliphatic carbocycles. The van der Waals surface area contributed by atoms with Gasteiger partial charge < -0.3 is 20.2 Å². The highest BCUT2D eigenvalue weighted by Crippen LogP contribution is 2.00. The molecule has 0 saturated carbocycles. The normalized spacial score (nSPS) is 12.3.